The Morgan fingerprint density at radius 3 is 1.42 bits per heavy atom. The monoisotopic (exact) mass is 438 g/mol. The van der Waals surface area contributed by atoms with Crippen LogP contribution < -0.4 is 0 Å². The van der Waals surface area contributed by atoms with Crippen LogP contribution in [0.2, 0.25) is 0 Å². The van der Waals surface area contributed by atoms with Gasteiger partial charge in [-0.3, -0.25) is 0 Å². The Hall–Kier alpha value is 1.21. The molecule has 0 spiro atoms. The zero-order chi connectivity index (χ0) is 19.4. The Kier molecular flexibility index (Phi) is 14.7. The van der Waals surface area contributed by atoms with Crippen molar-refractivity contribution in [1.29, 1.82) is 0 Å². The van der Waals surface area contributed by atoms with Crippen molar-refractivity contribution in [3.63, 3.8) is 0 Å². The van der Waals surface area contributed by atoms with Crippen LogP contribution in [0.3, 0.4) is 0 Å². The number of hydrogen-bond donors (Lipinski definition) is 0. The van der Waals surface area contributed by atoms with Crippen molar-refractivity contribution in [1.82, 2.24) is 0 Å². The van der Waals surface area contributed by atoms with Crippen LogP contribution in [0.15, 0.2) is 0 Å². The van der Waals surface area contributed by atoms with Gasteiger partial charge in [-0.2, -0.15) is 13.1 Å². The van der Waals surface area contributed by atoms with Gasteiger partial charge in [0, 0.05) is 0 Å². The van der Waals surface area contributed by atoms with E-state index in [0.29, 0.717) is 12.1 Å². The van der Waals surface area contributed by atoms with Gasteiger partial charge < -0.3 is 10.6 Å². The average Bonchev–Trinajstić information content (AvgIpc) is 2.62. The van der Waals surface area contributed by atoms with Gasteiger partial charge in [0.2, 0.25) is 0 Å². The third-order valence-corrected chi connectivity index (χ3v) is 6.32. The van der Waals surface area contributed by atoms with Crippen LogP contribution in [-0.2, 0) is 17.0 Å². The summed E-state index contributed by atoms with van der Waals surface area (Å²) in [4.78, 5) is 0. The molecule has 0 radical (unpaired) electrons. The molecule has 0 N–H and O–H groups in total. The third-order valence-electron chi connectivity index (χ3n) is 6.32. The van der Waals surface area contributed by atoms with Gasteiger partial charge in [-0.25, -0.2) is 0 Å². The number of nitrogens with zero attached hydrogens (tertiary/aromatic N) is 2. The van der Waals surface area contributed by atoms with E-state index in [1.54, 1.807) is 0 Å². The minimum absolute atomic E-state index is 0.556. The van der Waals surface area contributed by atoms with E-state index in [4.69, 9.17) is 29.2 Å². The van der Waals surface area contributed by atoms with Crippen LogP contribution in [0, 0.1) is 23.7 Å². The zero-order valence-corrected chi connectivity index (χ0v) is 20.5. The first-order valence-electron chi connectivity index (χ1n) is 10.8. The van der Waals surface area contributed by atoms with Crippen molar-refractivity contribution < 1.29 is 17.0 Å². The molecule has 4 unspecified atom stereocenters. The number of hydrogen-bond acceptors (Lipinski definition) is 0. The molecule has 2 nitrogen and oxygen atoms in total. The molecule has 2 rings (SSSR count). The molecule has 0 aliphatic heterocycles. The second-order valence-corrected chi connectivity index (χ2v) is 11.3. The molecule has 4 atom stereocenters. The predicted molar refractivity (Wildman–Crippen MR) is 114 cm³/mol. The summed E-state index contributed by atoms with van der Waals surface area (Å²) in [7, 11) is 9.78. The van der Waals surface area contributed by atoms with Crippen LogP contribution in [0.1, 0.15) is 85.5 Å². The van der Waals surface area contributed by atoms with Gasteiger partial charge in [0.15, 0.2) is 0 Å². The summed E-state index contributed by atoms with van der Waals surface area (Å²) in [6, 6.07) is 1.28. The van der Waals surface area contributed by atoms with E-state index in [-0.39, 0.29) is 0 Å². The first-order chi connectivity index (χ1) is 12.5. The quantitative estimate of drug-likeness (QED) is 0.271. The Labute approximate surface area is 180 Å². The van der Waals surface area contributed by atoms with Crippen LogP contribution in [0.5, 0.6) is 0 Å². The molecule has 0 aromatic carbocycles. The van der Waals surface area contributed by atoms with Gasteiger partial charge in [-0.05, 0) is 11.8 Å². The van der Waals surface area contributed by atoms with Gasteiger partial charge in [0.05, 0.1) is 0 Å². The molecular formula is C21H40Cl2N2Ti-2. The van der Waals surface area contributed by atoms with E-state index in [1.165, 1.54) is 57.8 Å². The third kappa shape index (κ3) is 9.61. The average molecular weight is 439 g/mol. The van der Waals surface area contributed by atoms with Crippen molar-refractivity contribution in [2.45, 2.75) is 97.6 Å². The van der Waals surface area contributed by atoms with Gasteiger partial charge in [0.1, 0.15) is 0 Å². The Morgan fingerprint density at radius 2 is 1.08 bits per heavy atom. The SMILES string of the molecule is CC(C)C1CCCCC1[N-]CCC[N-]C1CCCCC1C(C)C.[Cl][Ti][Cl]. The molecule has 2 aliphatic rings. The molecule has 154 valence electrons. The number of halogens is 2. The van der Waals surface area contributed by atoms with Crippen LogP contribution in [-0.4, -0.2) is 25.2 Å². The normalized spacial score (nSPS) is 29.4. The Morgan fingerprint density at radius 1 is 0.731 bits per heavy atom. The fraction of sp³-hybridized carbons (Fsp3) is 1.00. The maximum atomic E-state index is 5.06. The van der Waals surface area contributed by atoms with E-state index < -0.39 is 17.0 Å². The molecule has 2 aliphatic carbocycles. The van der Waals surface area contributed by atoms with Crippen molar-refractivity contribution in [2.75, 3.05) is 13.1 Å². The molecule has 2 fully saturated rings. The van der Waals surface area contributed by atoms with E-state index in [9.17, 15) is 0 Å². The standard InChI is InChI=1S/C21H40N2.2ClH.Ti/c1-16(2)18-10-5-7-12-20(18)22-14-9-15-23-21-13-8-6-11-19(21)17(3)4;;;/h16-21H,5-15H2,1-4H3;2*1H;/q-2;;;+2/p-2. The molecule has 0 amide bonds. The van der Waals surface area contributed by atoms with Crippen molar-refractivity contribution >= 4 is 18.6 Å². The van der Waals surface area contributed by atoms with Gasteiger partial charge in [0.25, 0.3) is 0 Å². The second kappa shape index (κ2) is 15.1. The minimum atomic E-state index is -0.556. The summed E-state index contributed by atoms with van der Waals surface area (Å²) >= 11 is -0.556. The van der Waals surface area contributed by atoms with Crippen LogP contribution >= 0.6 is 18.6 Å². The molecule has 26 heavy (non-hydrogen) atoms. The summed E-state index contributed by atoms with van der Waals surface area (Å²) in [6.07, 6.45) is 12.2. The molecule has 0 aromatic rings. The van der Waals surface area contributed by atoms with Crippen molar-refractivity contribution in [3.05, 3.63) is 10.6 Å². The van der Waals surface area contributed by atoms with Gasteiger partial charge in [-0.1, -0.05) is 97.3 Å². The van der Waals surface area contributed by atoms with Crippen molar-refractivity contribution in [2.24, 2.45) is 23.7 Å². The summed E-state index contributed by atoms with van der Waals surface area (Å²) in [5.74, 6) is 3.26. The molecule has 0 saturated heterocycles. The molecule has 2 saturated carbocycles. The first kappa shape index (κ1) is 25.3. The summed E-state index contributed by atoms with van der Waals surface area (Å²) in [5, 5.41) is 10.1. The predicted octanol–water partition coefficient (Wildman–Crippen LogP) is 7.93. The molecule has 5 heteroatoms. The second-order valence-electron chi connectivity index (χ2n) is 8.76. The Bertz CT molecular complexity index is 312. The van der Waals surface area contributed by atoms with Crippen LogP contribution in [0.25, 0.3) is 10.6 Å². The molecule has 0 aromatic heterocycles. The maximum absolute atomic E-state index is 5.06. The Balaban J connectivity index is 0.00000105. The summed E-state index contributed by atoms with van der Waals surface area (Å²) < 4.78 is 0. The molecule has 0 heterocycles. The number of rotatable bonds is 8. The topological polar surface area (TPSA) is 28.2 Å². The zero-order valence-electron chi connectivity index (χ0n) is 17.4. The van der Waals surface area contributed by atoms with Gasteiger partial charge in [-0.15, -0.1) is 12.1 Å². The fourth-order valence-corrected chi connectivity index (χ4v) is 4.87. The van der Waals surface area contributed by atoms with E-state index in [1.807, 2.05) is 0 Å². The van der Waals surface area contributed by atoms with E-state index >= 15 is 0 Å². The summed E-state index contributed by atoms with van der Waals surface area (Å²) in [5.41, 5.74) is 0. The van der Waals surface area contributed by atoms with Crippen LogP contribution in [0.4, 0.5) is 0 Å². The van der Waals surface area contributed by atoms with Crippen molar-refractivity contribution in [3.8, 4) is 0 Å². The summed E-state index contributed by atoms with van der Waals surface area (Å²) in [6.45, 7) is 11.6. The fourth-order valence-electron chi connectivity index (χ4n) is 4.87. The van der Waals surface area contributed by atoms with Gasteiger partial charge >= 0.3 is 35.6 Å². The van der Waals surface area contributed by atoms with E-state index in [2.05, 4.69) is 27.7 Å². The molecular weight excluding hydrogens is 399 g/mol. The molecule has 0 bridgehead atoms. The van der Waals surface area contributed by atoms with E-state index in [0.717, 1.165) is 36.8 Å². The first-order valence-corrected chi connectivity index (χ1v) is 15.1.